The Morgan fingerprint density at radius 2 is 2.35 bits per heavy atom. The Hall–Kier alpha value is -1.20. The monoisotopic (exact) mass is 252 g/mol. The van der Waals surface area contributed by atoms with Gasteiger partial charge in [0.1, 0.15) is 11.8 Å². The van der Waals surface area contributed by atoms with Crippen molar-refractivity contribution in [2.75, 3.05) is 6.61 Å². The summed E-state index contributed by atoms with van der Waals surface area (Å²) in [5, 5.41) is 0.395. The Labute approximate surface area is 104 Å². The van der Waals surface area contributed by atoms with Crippen molar-refractivity contribution in [3.8, 4) is 0 Å². The molecule has 1 aliphatic heterocycles. The van der Waals surface area contributed by atoms with Crippen molar-refractivity contribution in [1.82, 2.24) is 19.5 Å². The van der Waals surface area contributed by atoms with Crippen molar-refractivity contribution < 1.29 is 4.74 Å². The minimum atomic E-state index is -0.120. The molecule has 6 heteroatoms. The summed E-state index contributed by atoms with van der Waals surface area (Å²) in [6.07, 6.45) is 5.38. The van der Waals surface area contributed by atoms with Crippen LogP contribution in [0.4, 0.5) is 0 Å². The highest BCUT2D eigenvalue weighted by molar-refractivity contribution is 6.33. The SMILES string of the molecule is CC1(Cn2cnc3c(Cl)ncnc32)CCCO1. The van der Waals surface area contributed by atoms with Crippen LogP contribution in [-0.4, -0.2) is 31.7 Å². The average molecular weight is 253 g/mol. The molecule has 3 rings (SSSR count). The normalized spacial score (nSPS) is 24.6. The third-order valence-corrected chi connectivity index (χ3v) is 3.44. The highest BCUT2D eigenvalue weighted by Gasteiger charge is 2.30. The Balaban J connectivity index is 1.98. The van der Waals surface area contributed by atoms with Crippen molar-refractivity contribution in [3.63, 3.8) is 0 Å². The molecule has 1 unspecified atom stereocenters. The van der Waals surface area contributed by atoms with E-state index in [0.29, 0.717) is 10.7 Å². The minimum Gasteiger partial charge on any atom is -0.373 e. The fourth-order valence-corrected chi connectivity index (χ4v) is 2.47. The second-order valence-corrected chi connectivity index (χ2v) is 4.97. The van der Waals surface area contributed by atoms with E-state index < -0.39 is 0 Å². The zero-order valence-corrected chi connectivity index (χ0v) is 10.3. The van der Waals surface area contributed by atoms with Crippen LogP contribution in [0.1, 0.15) is 19.8 Å². The maximum absolute atomic E-state index is 5.96. The summed E-state index contributed by atoms with van der Waals surface area (Å²) < 4.78 is 7.75. The van der Waals surface area contributed by atoms with E-state index in [4.69, 9.17) is 16.3 Å². The van der Waals surface area contributed by atoms with Gasteiger partial charge in [-0.05, 0) is 19.8 Å². The van der Waals surface area contributed by atoms with Crippen LogP contribution >= 0.6 is 11.6 Å². The van der Waals surface area contributed by atoms with Crippen LogP contribution in [0, 0.1) is 0 Å². The van der Waals surface area contributed by atoms with E-state index in [1.165, 1.54) is 6.33 Å². The summed E-state index contributed by atoms with van der Waals surface area (Å²) in [4.78, 5) is 12.4. The molecule has 0 spiro atoms. The Bertz CT molecular complexity index is 547. The summed E-state index contributed by atoms with van der Waals surface area (Å²) in [7, 11) is 0. The molecule has 2 aromatic rings. The molecular formula is C11H13ClN4O. The molecule has 0 amide bonds. The summed E-state index contributed by atoms with van der Waals surface area (Å²) in [5.41, 5.74) is 1.29. The van der Waals surface area contributed by atoms with Gasteiger partial charge in [-0.3, -0.25) is 0 Å². The number of hydrogen-bond acceptors (Lipinski definition) is 4. The second kappa shape index (κ2) is 3.92. The van der Waals surface area contributed by atoms with Gasteiger partial charge in [0.2, 0.25) is 0 Å². The molecule has 1 aliphatic rings. The van der Waals surface area contributed by atoms with Gasteiger partial charge in [-0.2, -0.15) is 0 Å². The molecule has 0 radical (unpaired) electrons. The Morgan fingerprint density at radius 1 is 1.47 bits per heavy atom. The van der Waals surface area contributed by atoms with Crippen LogP contribution in [-0.2, 0) is 11.3 Å². The van der Waals surface area contributed by atoms with Crippen LogP contribution in [0.15, 0.2) is 12.7 Å². The van der Waals surface area contributed by atoms with Crippen LogP contribution < -0.4 is 0 Å². The first-order valence-electron chi connectivity index (χ1n) is 5.63. The molecule has 1 fully saturated rings. The molecule has 0 saturated carbocycles. The number of halogens is 1. The molecule has 1 saturated heterocycles. The molecule has 90 valence electrons. The first-order valence-corrected chi connectivity index (χ1v) is 6.01. The standard InChI is InChI=1S/C11H13ClN4O/c1-11(3-2-4-17-11)5-16-7-15-8-9(12)13-6-14-10(8)16/h6-7H,2-5H2,1H3. The molecule has 2 aromatic heterocycles. The Kier molecular flexibility index (Phi) is 2.52. The number of aromatic nitrogens is 4. The zero-order valence-electron chi connectivity index (χ0n) is 9.56. The zero-order chi connectivity index (χ0) is 11.9. The Morgan fingerprint density at radius 3 is 3.12 bits per heavy atom. The van der Waals surface area contributed by atoms with Crippen molar-refractivity contribution in [2.45, 2.75) is 31.9 Å². The highest BCUT2D eigenvalue weighted by atomic mass is 35.5. The lowest BCUT2D eigenvalue weighted by Crippen LogP contribution is -2.29. The largest absolute Gasteiger partial charge is 0.373 e. The predicted molar refractivity (Wildman–Crippen MR) is 63.9 cm³/mol. The first-order chi connectivity index (χ1) is 8.18. The minimum absolute atomic E-state index is 0.120. The maximum Gasteiger partial charge on any atom is 0.164 e. The molecule has 1 atom stereocenters. The van der Waals surface area contributed by atoms with Crippen molar-refractivity contribution in [1.29, 1.82) is 0 Å². The smallest absolute Gasteiger partial charge is 0.164 e. The average Bonchev–Trinajstić information content (AvgIpc) is 2.88. The third-order valence-electron chi connectivity index (χ3n) is 3.16. The molecular weight excluding hydrogens is 240 g/mol. The van der Waals surface area contributed by atoms with Gasteiger partial charge in [0, 0.05) is 6.61 Å². The van der Waals surface area contributed by atoms with Gasteiger partial charge >= 0.3 is 0 Å². The van der Waals surface area contributed by atoms with Gasteiger partial charge in [0.05, 0.1) is 18.5 Å². The molecule has 17 heavy (non-hydrogen) atoms. The van der Waals surface area contributed by atoms with Gasteiger partial charge in [0.25, 0.3) is 0 Å². The van der Waals surface area contributed by atoms with Gasteiger partial charge in [-0.25, -0.2) is 15.0 Å². The van der Waals surface area contributed by atoms with E-state index in [1.807, 2.05) is 4.57 Å². The number of hydrogen-bond donors (Lipinski definition) is 0. The number of fused-ring (bicyclic) bond motifs is 1. The summed E-state index contributed by atoms with van der Waals surface area (Å²) in [5.74, 6) is 0. The third kappa shape index (κ3) is 1.89. The highest BCUT2D eigenvalue weighted by Crippen LogP contribution is 2.28. The number of ether oxygens (including phenoxy) is 1. The number of imidazole rings is 1. The van der Waals surface area contributed by atoms with Gasteiger partial charge in [-0.1, -0.05) is 11.6 Å². The molecule has 3 heterocycles. The van der Waals surface area contributed by atoms with E-state index in [1.54, 1.807) is 6.33 Å². The van der Waals surface area contributed by atoms with E-state index in [0.717, 1.165) is 31.6 Å². The second-order valence-electron chi connectivity index (χ2n) is 4.61. The van der Waals surface area contributed by atoms with E-state index in [2.05, 4.69) is 21.9 Å². The topological polar surface area (TPSA) is 52.8 Å². The predicted octanol–water partition coefficient (Wildman–Crippen LogP) is 2.05. The van der Waals surface area contributed by atoms with Gasteiger partial charge < -0.3 is 9.30 Å². The van der Waals surface area contributed by atoms with E-state index >= 15 is 0 Å². The number of nitrogens with zero attached hydrogens (tertiary/aromatic N) is 4. The summed E-state index contributed by atoms with van der Waals surface area (Å²) in [6.45, 7) is 3.70. The van der Waals surface area contributed by atoms with Crippen molar-refractivity contribution in [2.24, 2.45) is 0 Å². The summed E-state index contributed by atoms with van der Waals surface area (Å²) >= 11 is 5.96. The van der Waals surface area contributed by atoms with Gasteiger partial charge in [-0.15, -0.1) is 0 Å². The molecule has 0 N–H and O–H groups in total. The van der Waals surface area contributed by atoms with E-state index in [-0.39, 0.29) is 5.60 Å². The number of rotatable bonds is 2. The van der Waals surface area contributed by atoms with Crippen LogP contribution in [0.3, 0.4) is 0 Å². The van der Waals surface area contributed by atoms with Crippen molar-refractivity contribution >= 4 is 22.8 Å². The first kappa shape index (κ1) is 10.9. The maximum atomic E-state index is 5.96. The quantitative estimate of drug-likeness (QED) is 0.768. The molecule has 0 aliphatic carbocycles. The van der Waals surface area contributed by atoms with Crippen LogP contribution in [0.25, 0.3) is 11.2 Å². The summed E-state index contributed by atoms with van der Waals surface area (Å²) in [6, 6.07) is 0. The lowest BCUT2D eigenvalue weighted by molar-refractivity contribution is 0.00695. The van der Waals surface area contributed by atoms with Crippen molar-refractivity contribution in [3.05, 3.63) is 17.8 Å². The lowest BCUT2D eigenvalue weighted by atomic mass is 10.0. The lowest BCUT2D eigenvalue weighted by Gasteiger charge is -2.23. The van der Waals surface area contributed by atoms with E-state index in [9.17, 15) is 0 Å². The van der Waals surface area contributed by atoms with Crippen LogP contribution in [0.5, 0.6) is 0 Å². The fourth-order valence-electron chi connectivity index (χ4n) is 2.29. The molecule has 0 bridgehead atoms. The molecule has 5 nitrogen and oxygen atoms in total. The van der Waals surface area contributed by atoms with Crippen LogP contribution in [0.2, 0.25) is 5.15 Å². The fraction of sp³-hybridized carbons (Fsp3) is 0.545. The van der Waals surface area contributed by atoms with Gasteiger partial charge in [0.15, 0.2) is 10.8 Å². The molecule has 0 aromatic carbocycles.